The first-order chi connectivity index (χ1) is 24.2. The van der Waals surface area contributed by atoms with Gasteiger partial charge in [-0.1, -0.05) is 18.2 Å². The lowest BCUT2D eigenvalue weighted by molar-refractivity contribution is -0.126. The highest BCUT2D eigenvalue weighted by atomic mass is 16.3. The van der Waals surface area contributed by atoms with Crippen molar-refractivity contribution in [1.82, 2.24) is 21.3 Å². The second-order valence-electron chi connectivity index (χ2n) is 12.1. The largest absolute Gasteiger partial charge is 0.504 e. The van der Waals surface area contributed by atoms with Gasteiger partial charge in [0.05, 0.1) is 16.7 Å². The van der Waals surface area contributed by atoms with Gasteiger partial charge in [0, 0.05) is 38.0 Å². The van der Waals surface area contributed by atoms with E-state index in [0.717, 1.165) is 0 Å². The summed E-state index contributed by atoms with van der Waals surface area (Å²) in [6.45, 7) is 1.70. The Bertz CT molecular complexity index is 1550. The molecular formula is C36H44N4O11. The number of amides is 4. The molecule has 51 heavy (non-hydrogen) atoms. The number of carbonyl (C=O) groups excluding carboxylic acids is 5. The van der Waals surface area contributed by atoms with Gasteiger partial charge in [0.2, 0.25) is 5.91 Å². The molecule has 0 heterocycles. The Labute approximate surface area is 294 Å². The third-order valence-electron chi connectivity index (χ3n) is 8.24. The first-order valence-corrected chi connectivity index (χ1v) is 16.4. The van der Waals surface area contributed by atoms with E-state index in [9.17, 15) is 54.6 Å². The van der Waals surface area contributed by atoms with Crippen molar-refractivity contribution < 1.29 is 54.6 Å². The van der Waals surface area contributed by atoms with Crippen LogP contribution in [-0.4, -0.2) is 85.2 Å². The van der Waals surface area contributed by atoms with E-state index in [4.69, 9.17) is 0 Å². The van der Waals surface area contributed by atoms with Crippen molar-refractivity contribution in [1.29, 1.82) is 0 Å². The molecule has 10 N–H and O–H groups in total. The van der Waals surface area contributed by atoms with E-state index in [0.29, 0.717) is 38.5 Å². The molecule has 15 nitrogen and oxygen atoms in total. The highest BCUT2D eigenvalue weighted by molar-refractivity contribution is 5.98. The molecule has 0 bridgehead atoms. The van der Waals surface area contributed by atoms with Gasteiger partial charge < -0.3 is 56.7 Å². The Balaban J connectivity index is 1.75. The number of carbonyl (C=O) groups is 5. The van der Waals surface area contributed by atoms with E-state index in [1.165, 1.54) is 61.5 Å². The van der Waals surface area contributed by atoms with Gasteiger partial charge in [0.25, 0.3) is 17.7 Å². The number of ketones is 1. The van der Waals surface area contributed by atoms with Crippen LogP contribution in [0.2, 0.25) is 0 Å². The molecule has 0 spiro atoms. The quantitative estimate of drug-likeness (QED) is 0.0640. The smallest absolute Gasteiger partial charge is 0.255 e. The first-order valence-electron chi connectivity index (χ1n) is 16.4. The Hall–Kier alpha value is -5.99. The topological polar surface area (TPSA) is 255 Å². The Morgan fingerprint density at radius 1 is 0.529 bits per heavy atom. The van der Waals surface area contributed by atoms with Crippen LogP contribution in [0.25, 0.3) is 0 Å². The van der Waals surface area contributed by atoms with Crippen LogP contribution >= 0.6 is 0 Å². The zero-order valence-corrected chi connectivity index (χ0v) is 28.2. The fraction of sp³-hybridized carbons (Fsp3) is 0.361. The molecular weight excluding hydrogens is 664 g/mol. The molecule has 0 aliphatic heterocycles. The van der Waals surface area contributed by atoms with E-state index in [1.54, 1.807) is 0 Å². The summed E-state index contributed by atoms with van der Waals surface area (Å²) in [4.78, 5) is 62.9. The molecule has 0 unspecified atom stereocenters. The first kappa shape index (κ1) is 39.4. The van der Waals surface area contributed by atoms with Crippen LogP contribution in [0.15, 0.2) is 54.6 Å². The maximum atomic E-state index is 13.1. The van der Waals surface area contributed by atoms with E-state index in [-0.39, 0.29) is 54.9 Å². The van der Waals surface area contributed by atoms with Crippen LogP contribution in [0.4, 0.5) is 0 Å². The summed E-state index contributed by atoms with van der Waals surface area (Å²) in [6, 6.07) is 12.0. The van der Waals surface area contributed by atoms with E-state index in [1.807, 2.05) is 0 Å². The lowest BCUT2D eigenvalue weighted by Crippen LogP contribution is -2.50. The summed E-state index contributed by atoms with van der Waals surface area (Å²) in [6.07, 6.45) is 1.81. The summed E-state index contributed by atoms with van der Waals surface area (Å²) in [5, 5.41) is 70.6. The summed E-state index contributed by atoms with van der Waals surface area (Å²) < 4.78 is 0. The normalized spacial score (nSPS) is 11.0. The molecule has 0 radical (unpaired) electrons. The van der Waals surface area contributed by atoms with Crippen molar-refractivity contribution >= 4 is 29.4 Å². The zero-order valence-electron chi connectivity index (χ0n) is 28.2. The Morgan fingerprint density at radius 2 is 0.863 bits per heavy atom. The molecule has 3 rings (SSSR count). The van der Waals surface area contributed by atoms with Crippen molar-refractivity contribution in [3.05, 3.63) is 71.3 Å². The average Bonchev–Trinajstić information content (AvgIpc) is 3.09. The van der Waals surface area contributed by atoms with Crippen molar-refractivity contribution in [2.45, 2.75) is 63.8 Å². The Morgan fingerprint density at radius 3 is 1.18 bits per heavy atom. The summed E-state index contributed by atoms with van der Waals surface area (Å²) in [7, 11) is 0. The summed E-state index contributed by atoms with van der Waals surface area (Å²) in [5.74, 6) is -5.52. The van der Waals surface area contributed by atoms with E-state index in [2.05, 4.69) is 21.3 Å². The maximum absolute atomic E-state index is 13.1. The SMILES string of the molecule is CC(=O)CCC(=O)NC(CCCNC(=O)c1cccc(O)c1O)(CCCNC(=O)c1cccc(O)c1O)CCCNC(=O)c1cccc(O)c1O. The van der Waals surface area contributed by atoms with Crippen LogP contribution in [0.5, 0.6) is 34.5 Å². The average molecular weight is 709 g/mol. The number of nitrogens with one attached hydrogen (secondary N) is 4. The summed E-state index contributed by atoms with van der Waals surface area (Å²) >= 11 is 0. The van der Waals surface area contributed by atoms with E-state index >= 15 is 0 Å². The molecule has 0 saturated heterocycles. The maximum Gasteiger partial charge on any atom is 0.255 e. The van der Waals surface area contributed by atoms with Gasteiger partial charge in [-0.3, -0.25) is 19.2 Å². The van der Waals surface area contributed by atoms with Gasteiger partial charge in [-0.15, -0.1) is 0 Å². The Kier molecular flexibility index (Phi) is 14.5. The highest BCUT2D eigenvalue weighted by Gasteiger charge is 2.31. The number of para-hydroxylation sites is 3. The van der Waals surface area contributed by atoms with E-state index < -0.39 is 63.7 Å². The number of hydrogen-bond acceptors (Lipinski definition) is 11. The highest BCUT2D eigenvalue weighted by Crippen LogP contribution is 2.31. The van der Waals surface area contributed by atoms with Gasteiger partial charge in [-0.25, -0.2) is 0 Å². The van der Waals surface area contributed by atoms with Crippen LogP contribution < -0.4 is 21.3 Å². The molecule has 0 atom stereocenters. The third-order valence-corrected chi connectivity index (χ3v) is 8.24. The molecule has 0 aliphatic rings. The third kappa shape index (κ3) is 11.5. The van der Waals surface area contributed by atoms with Crippen LogP contribution in [-0.2, 0) is 9.59 Å². The lowest BCUT2D eigenvalue weighted by Gasteiger charge is -2.36. The lowest BCUT2D eigenvalue weighted by atomic mass is 9.83. The summed E-state index contributed by atoms with van der Waals surface area (Å²) in [5.41, 5.74) is -1.33. The number of hydrogen-bond donors (Lipinski definition) is 10. The zero-order chi connectivity index (χ0) is 37.6. The molecule has 0 aliphatic carbocycles. The van der Waals surface area contributed by atoms with Crippen LogP contribution in [0, 0.1) is 0 Å². The van der Waals surface area contributed by atoms with Gasteiger partial charge in [-0.05, 0) is 81.8 Å². The van der Waals surface area contributed by atoms with Crippen molar-refractivity contribution in [3.63, 3.8) is 0 Å². The van der Waals surface area contributed by atoms with Gasteiger partial charge in [0.15, 0.2) is 34.5 Å². The fourth-order valence-corrected chi connectivity index (χ4v) is 5.53. The predicted molar refractivity (Wildman–Crippen MR) is 185 cm³/mol. The molecule has 274 valence electrons. The van der Waals surface area contributed by atoms with Crippen molar-refractivity contribution in [2.75, 3.05) is 19.6 Å². The molecule has 0 saturated carbocycles. The second-order valence-corrected chi connectivity index (χ2v) is 12.1. The minimum atomic E-state index is -0.957. The number of benzene rings is 3. The molecule has 4 amide bonds. The number of phenolic OH excluding ortho intramolecular Hbond substituents is 6. The second kappa shape index (κ2) is 18.7. The minimum absolute atomic E-state index is 0.0122. The number of aromatic hydroxyl groups is 6. The molecule has 3 aromatic rings. The van der Waals surface area contributed by atoms with Crippen molar-refractivity contribution in [2.24, 2.45) is 0 Å². The fourth-order valence-electron chi connectivity index (χ4n) is 5.53. The minimum Gasteiger partial charge on any atom is -0.504 e. The number of phenols is 6. The monoisotopic (exact) mass is 708 g/mol. The molecule has 0 aromatic heterocycles. The van der Waals surface area contributed by atoms with Gasteiger partial charge in [0.1, 0.15) is 5.78 Å². The number of Topliss-reactive ketones (excluding diaryl/α,β-unsaturated/α-hetero) is 1. The molecule has 15 heteroatoms. The molecule has 3 aromatic carbocycles. The van der Waals surface area contributed by atoms with Crippen molar-refractivity contribution in [3.8, 4) is 34.5 Å². The van der Waals surface area contributed by atoms with Crippen LogP contribution in [0.1, 0.15) is 89.4 Å². The predicted octanol–water partition coefficient (Wildman–Crippen LogP) is 3.07. The standard InChI is InChI=1S/C36H44N4O11/c1-22(41)14-15-29(45)40-36(16-5-19-37-33(49)23-8-2-11-26(42)30(23)46,17-6-20-38-34(50)24-9-3-12-27(43)31(24)47)18-7-21-39-35(51)25-10-4-13-28(44)32(25)48/h2-4,8-13,42-44,46-48H,5-7,14-21H2,1H3,(H,37,49)(H,38,50)(H,39,51)(H,40,45). The van der Waals surface area contributed by atoms with Crippen LogP contribution in [0.3, 0.4) is 0 Å². The van der Waals surface area contributed by atoms with Gasteiger partial charge in [-0.2, -0.15) is 0 Å². The molecule has 0 fully saturated rings. The number of rotatable bonds is 19. The van der Waals surface area contributed by atoms with Gasteiger partial charge >= 0.3 is 0 Å².